The third kappa shape index (κ3) is 2.53. The smallest absolute Gasteiger partial charge is 0.328 e. The Morgan fingerprint density at radius 1 is 1.67 bits per heavy atom. The van der Waals surface area contributed by atoms with E-state index in [0.717, 1.165) is 0 Å². The minimum atomic E-state index is -1.30. The summed E-state index contributed by atoms with van der Waals surface area (Å²) in [5.41, 5.74) is 0.231. The van der Waals surface area contributed by atoms with Crippen LogP contribution in [0.2, 0.25) is 0 Å². The van der Waals surface area contributed by atoms with Crippen molar-refractivity contribution < 1.29 is 19.8 Å². The van der Waals surface area contributed by atoms with Crippen molar-refractivity contribution in [1.82, 2.24) is 14.9 Å². The highest BCUT2D eigenvalue weighted by Crippen LogP contribution is 1.96. The van der Waals surface area contributed by atoms with Crippen molar-refractivity contribution in [2.24, 2.45) is 7.05 Å². The van der Waals surface area contributed by atoms with Crippen LogP contribution in [0.25, 0.3) is 0 Å². The second-order valence-corrected chi connectivity index (χ2v) is 2.94. The average Bonchev–Trinajstić information content (AvgIpc) is 2.60. The highest BCUT2D eigenvalue weighted by atomic mass is 16.4. The first-order valence-electron chi connectivity index (χ1n) is 4.17. The van der Waals surface area contributed by atoms with Gasteiger partial charge in [0.05, 0.1) is 19.1 Å². The Morgan fingerprint density at radius 2 is 2.33 bits per heavy atom. The Bertz CT molecular complexity index is 374. The van der Waals surface area contributed by atoms with Crippen LogP contribution in [0.15, 0.2) is 12.5 Å². The molecule has 0 saturated carbocycles. The van der Waals surface area contributed by atoms with Gasteiger partial charge in [-0.25, -0.2) is 9.78 Å². The van der Waals surface area contributed by atoms with Crippen molar-refractivity contribution in [2.45, 2.75) is 6.04 Å². The zero-order chi connectivity index (χ0) is 11.4. The number of amides is 1. The van der Waals surface area contributed by atoms with Crippen LogP contribution in [0.4, 0.5) is 0 Å². The SMILES string of the molecule is Cn1cncc1C(=O)N[C@@H](CO)C(=O)O. The van der Waals surface area contributed by atoms with Crippen LogP contribution in [-0.2, 0) is 11.8 Å². The van der Waals surface area contributed by atoms with Gasteiger partial charge >= 0.3 is 5.97 Å². The molecule has 7 heteroatoms. The maximum Gasteiger partial charge on any atom is 0.328 e. The van der Waals surface area contributed by atoms with Gasteiger partial charge in [-0.2, -0.15) is 0 Å². The average molecular weight is 213 g/mol. The molecule has 0 aromatic carbocycles. The summed E-state index contributed by atoms with van der Waals surface area (Å²) in [5.74, 6) is -1.87. The Labute approximate surface area is 85.4 Å². The quantitative estimate of drug-likeness (QED) is 0.570. The van der Waals surface area contributed by atoms with Crippen molar-refractivity contribution in [3.05, 3.63) is 18.2 Å². The molecule has 0 aliphatic rings. The number of hydrogen-bond acceptors (Lipinski definition) is 4. The standard InChI is InChI=1S/C8H11N3O4/c1-11-4-9-2-6(11)7(13)10-5(3-12)8(14)15/h2,4-5,12H,3H2,1H3,(H,10,13)(H,14,15)/t5-/m0/s1. The summed E-state index contributed by atoms with van der Waals surface area (Å²) in [6.45, 7) is -0.654. The first-order chi connectivity index (χ1) is 7.06. The summed E-state index contributed by atoms with van der Waals surface area (Å²) in [6.07, 6.45) is 2.73. The van der Waals surface area contributed by atoms with E-state index in [4.69, 9.17) is 10.2 Å². The molecule has 1 atom stereocenters. The number of aryl methyl sites for hydroxylation is 1. The van der Waals surface area contributed by atoms with Gasteiger partial charge < -0.3 is 20.1 Å². The number of aliphatic carboxylic acids is 1. The van der Waals surface area contributed by atoms with Crippen molar-refractivity contribution in [3.8, 4) is 0 Å². The number of hydrogen-bond donors (Lipinski definition) is 3. The summed E-state index contributed by atoms with van der Waals surface area (Å²) in [4.78, 5) is 25.7. The molecule has 82 valence electrons. The van der Waals surface area contributed by atoms with Gasteiger partial charge in [-0.15, -0.1) is 0 Å². The lowest BCUT2D eigenvalue weighted by atomic mass is 10.3. The largest absolute Gasteiger partial charge is 0.480 e. The second-order valence-electron chi connectivity index (χ2n) is 2.94. The number of nitrogens with zero attached hydrogens (tertiary/aromatic N) is 2. The highest BCUT2D eigenvalue weighted by molar-refractivity contribution is 5.95. The van der Waals surface area contributed by atoms with E-state index < -0.39 is 24.5 Å². The molecule has 0 bridgehead atoms. The first-order valence-corrected chi connectivity index (χ1v) is 4.17. The number of aromatic nitrogens is 2. The molecule has 0 aliphatic carbocycles. The molecule has 0 aliphatic heterocycles. The molecule has 1 aromatic heterocycles. The molecule has 0 radical (unpaired) electrons. The van der Waals surface area contributed by atoms with Crippen LogP contribution in [0.3, 0.4) is 0 Å². The van der Waals surface area contributed by atoms with Gasteiger partial charge in [-0.05, 0) is 0 Å². The Kier molecular flexibility index (Phi) is 3.40. The number of rotatable bonds is 4. The van der Waals surface area contributed by atoms with Gasteiger partial charge in [-0.3, -0.25) is 4.79 Å². The van der Waals surface area contributed by atoms with Crippen molar-refractivity contribution >= 4 is 11.9 Å². The van der Waals surface area contributed by atoms with E-state index in [1.54, 1.807) is 7.05 Å². The molecule has 1 aromatic rings. The maximum absolute atomic E-state index is 11.5. The number of carboxylic acid groups (broad SMARTS) is 1. The molecule has 7 nitrogen and oxygen atoms in total. The van der Waals surface area contributed by atoms with Gasteiger partial charge in [0.1, 0.15) is 5.69 Å². The number of imidazole rings is 1. The van der Waals surface area contributed by atoms with Crippen molar-refractivity contribution in [2.75, 3.05) is 6.61 Å². The van der Waals surface area contributed by atoms with E-state index in [0.29, 0.717) is 0 Å². The molecular formula is C8H11N3O4. The molecule has 0 fully saturated rings. The third-order valence-corrected chi connectivity index (χ3v) is 1.84. The van der Waals surface area contributed by atoms with E-state index in [1.165, 1.54) is 17.1 Å². The predicted octanol–water partition coefficient (Wildman–Crippen LogP) is -1.40. The van der Waals surface area contributed by atoms with Crippen LogP contribution in [0, 0.1) is 0 Å². The highest BCUT2D eigenvalue weighted by Gasteiger charge is 2.20. The third-order valence-electron chi connectivity index (χ3n) is 1.84. The lowest BCUT2D eigenvalue weighted by molar-refractivity contribution is -0.140. The minimum Gasteiger partial charge on any atom is -0.480 e. The number of carbonyl (C=O) groups is 2. The molecule has 15 heavy (non-hydrogen) atoms. The number of aliphatic hydroxyl groups excluding tert-OH is 1. The van der Waals surface area contributed by atoms with Gasteiger partial charge in [0.15, 0.2) is 6.04 Å². The fourth-order valence-electron chi connectivity index (χ4n) is 0.994. The number of nitrogens with one attached hydrogen (secondary N) is 1. The van der Waals surface area contributed by atoms with Gasteiger partial charge in [0.25, 0.3) is 5.91 Å². The zero-order valence-corrected chi connectivity index (χ0v) is 8.04. The second kappa shape index (κ2) is 4.56. The van der Waals surface area contributed by atoms with Crippen LogP contribution in [0.1, 0.15) is 10.5 Å². The molecule has 3 N–H and O–H groups in total. The van der Waals surface area contributed by atoms with Crippen LogP contribution in [-0.4, -0.2) is 44.3 Å². The van der Waals surface area contributed by atoms with E-state index in [9.17, 15) is 9.59 Å². The summed E-state index contributed by atoms with van der Waals surface area (Å²) < 4.78 is 1.45. The lowest BCUT2D eigenvalue weighted by Crippen LogP contribution is -2.43. The van der Waals surface area contributed by atoms with E-state index in [-0.39, 0.29) is 5.69 Å². The summed E-state index contributed by atoms with van der Waals surface area (Å²) in [5, 5.41) is 19.4. The van der Waals surface area contributed by atoms with E-state index in [1.807, 2.05) is 0 Å². The summed E-state index contributed by atoms with van der Waals surface area (Å²) >= 11 is 0. The predicted molar refractivity (Wildman–Crippen MR) is 49.2 cm³/mol. The summed E-state index contributed by atoms with van der Waals surface area (Å²) in [6, 6.07) is -1.30. The Morgan fingerprint density at radius 3 is 2.73 bits per heavy atom. The Hall–Kier alpha value is -1.89. The van der Waals surface area contributed by atoms with E-state index in [2.05, 4.69) is 10.3 Å². The minimum absolute atomic E-state index is 0.231. The normalized spacial score (nSPS) is 12.1. The van der Waals surface area contributed by atoms with Gasteiger partial charge in [-0.1, -0.05) is 0 Å². The van der Waals surface area contributed by atoms with Crippen molar-refractivity contribution in [1.29, 1.82) is 0 Å². The van der Waals surface area contributed by atoms with Crippen molar-refractivity contribution in [3.63, 3.8) is 0 Å². The maximum atomic E-state index is 11.5. The van der Waals surface area contributed by atoms with Gasteiger partial charge in [0, 0.05) is 7.05 Å². The first kappa shape index (κ1) is 11.2. The number of aliphatic hydroxyl groups is 1. The van der Waals surface area contributed by atoms with Gasteiger partial charge in [0.2, 0.25) is 0 Å². The Balaban J connectivity index is 2.71. The molecule has 0 spiro atoms. The number of carbonyl (C=O) groups excluding carboxylic acids is 1. The molecule has 1 amide bonds. The van der Waals surface area contributed by atoms with E-state index >= 15 is 0 Å². The van der Waals surface area contributed by atoms with Crippen LogP contribution >= 0.6 is 0 Å². The topological polar surface area (TPSA) is 104 Å². The zero-order valence-electron chi connectivity index (χ0n) is 8.04. The number of carboxylic acids is 1. The molecule has 1 rings (SSSR count). The lowest BCUT2D eigenvalue weighted by Gasteiger charge is -2.11. The fourth-order valence-corrected chi connectivity index (χ4v) is 0.994. The summed E-state index contributed by atoms with van der Waals surface area (Å²) in [7, 11) is 1.61. The van der Waals surface area contributed by atoms with Crippen LogP contribution in [0.5, 0.6) is 0 Å². The molecule has 0 unspecified atom stereocenters. The molecule has 0 saturated heterocycles. The van der Waals surface area contributed by atoms with Crippen LogP contribution < -0.4 is 5.32 Å². The fraction of sp³-hybridized carbons (Fsp3) is 0.375. The molecular weight excluding hydrogens is 202 g/mol. The monoisotopic (exact) mass is 213 g/mol. The molecule has 1 heterocycles.